The van der Waals surface area contributed by atoms with E-state index < -0.39 is 10.9 Å². The molecule has 0 spiro atoms. The summed E-state index contributed by atoms with van der Waals surface area (Å²) in [5.74, 6) is -0.102. The van der Waals surface area contributed by atoms with Crippen LogP contribution in [0.1, 0.15) is 26.5 Å². The quantitative estimate of drug-likeness (QED) is 0.218. The zero-order valence-corrected chi connectivity index (χ0v) is 18.8. The highest BCUT2D eigenvalue weighted by Gasteiger charge is 2.23. The van der Waals surface area contributed by atoms with Gasteiger partial charge in [-0.25, -0.2) is 9.48 Å². The van der Waals surface area contributed by atoms with Crippen LogP contribution in [0.3, 0.4) is 0 Å². The molecule has 0 saturated heterocycles. The van der Waals surface area contributed by atoms with Gasteiger partial charge in [-0.15, -0.1) is 11.3 Å². The summed E-state index contributed by atoms with van der Waals surface area (Å²) in [7, 11) is 0. The van der Waals surface area contributed by atoms with Crippen LogP contribution in [0, 0.1) is 17.0 Å². The van der Waals surface area contributed by atoms with Crippen molar-refractivity contribution in [1.29, 1.82) is 0 Å². The summed E-state index contributed by atoms with van der Waals surface area (Å²) in [6, 6.07) is 11.8. The zero-order chi connectivity index (χ0) is 23.1. The topological polar surface area (TPSA) is 106 Å². The van der Waals surface area contributed by atoms with Crippen molar-refractivity contribution >= 4 is 44.8 Å². The minimum atomic E-state index is -0.548. The number of esters is 1. The normalized spacial score (nSPS) is 12.9. The number of thiophene rings is 1. The second-order valence-electron chi connectivity index (χ2n) is 7.32. The predicted octanol–water partition coefficient (Wildman–Crippen LogP) is 5.18. The van der Waals surface area contributed by atoms with Crippen LogP contribution in [0.4, 0.5) is 5.69 Å². The lowest BCUT2D eigenvalue weighted by atomic mass is 10.1. The summed E-state index contributed by atoms with van der Waals surface area (Å²) >= 11 is 7.57. The number of nitrogens with zero attached hydrogens (tertiary/aromatic N) is 3. The fraction of sp³-hybridized carbons (Fsp3) is 0.182. The second-order valence-corrected chi connectivity index (χ2v) is 8.75. The molecule has 0 amide bonds. The van der Waals surface area contributed by atoms with Gasteiger partial charge in [-0.05, 0) is 25.1 Å². The van der Waals surface area contributed by atoms with Gasteiger partial charge in [0.05, 0.1) is 27.9 Å². The van der Waals surface area contributed by atoms with E-state index in [9.17, 15) is 14.9 Å². The zero-order valence-electron chi connectivity index (χ0n) is 17.2. The van der Waals surface area contributed by atoms with E-state index >= 15 is 0 Å². The van der Waals surface area contributed by atoms with Crippen LogP contribution >= 0.6 is 22.9 Å². The third kappa shape index (κ3) is 3.92. The molecular formula is C22H16ClN3O6S. The number of para-hydroxylation sites is 1. The number of aryl methyl sites for hydroxylation is 1. The van der Waals surface area contributed by atoms with Crippen LogP contribution in [0.25, 0.3) is 15.9 Å². The van der Waals surface area contributed by atoms with Gasteiger partial charge >= 0.3 is 5.97 Å². The number of non-ortho nitro benzene ring substituents is 1. The number of rotatable bonds is 5. The molecule has 0 radical (unpaired) electrons. The molecule has 0 unspecified atom stereocenters. The number of aromatic nitrogens is 2. The first kappa shape index (κ1) is 21.4. The number of hydrogen-bond donors (Lipinski definition) is 0. The van der Waals surface area contributed by atoms with Crippen molar-refractivity contribution in [3.8, 4) is 11.4 Å². The first-order chi connectivity index (χ1) is 15.9. The number of carbonyl (C=O) groups is 1. The minimum absolute atomic E-state index is 0.0277. The van der Waals surface area contributed by atoms with Crippen molar-refractivity contribution in [3.05, 3.63) is 79.3 Å². The van der Waals surface area contributed by atoms with E-state index in [2.05, 4.69) is 5.10 Å². The molecule has 1 aliphatic heterocycles. The van der Waals surface area contributed by atoms with Crippen molar-refractivity contribution in [3.63, 3.8) is 0 Å². The fourth-order valence-corrected chi connectivity index (χ4v) is 4.93. The van der Waals surface area contributed by atoms with Crippen molar-refractivity contribution in [2.45, 2.75) is 20.1 Å². The first-order valence-corrected chi connectivity index (χ1v) is 11.0. The van der Waals surface area contributed by atoms with E-state index in [0.29, 0.717) is 32.5 Å². The number of halogens is 1. The van der Waals surface area contributed by atoms with Gasteiger partial charge in [-0.1, -0.05) is 23.7 Å². The Morgan fingerprint density at radius 2 is 2.15 bits per heavy atom. The molecule has 168 valence electrons. The smallest absolute Gasteiger partial charge is 0.348 e. The summed E-state index contributed by atoms with van der Waals surface area (Å²) in [5.41, 5.74) is 2.29. The van der Waals surface area contributed by atoms with Crippen LogP contribution in [0.2, 0.25) is 5.02 Å². The van der Waals surface area contributed by atoms with Gasteiger partial charge in [0, 0.05) is 28.6 Å². The minimum Gasteiger partial charge on any atom is -0.467 e. The van der Waals surface area contributed by atoms with Gasteiger partial charge in [0.2, 0.25) is 0 Å². The summed E-state index contributed by atoms with van der Waals surface area (Å²) in [4.78, 5) is 24.7. The van der Waals surface area contributed by atoms with Crippen molar-refractivity contribution in [1.82, 2.24) is 9.78 Å². The highest BCUT2D eigenvalue weighted by atomic mass is 35.5. The fourth-order valence-electron chi connectivity index (χ4n) is 3.64. The average Bonchev–Trinajstić information content (AvgIpc) is 3.38. The van der Waals surface area contributed by atoms with E-state index in [4.69, 9.17) is 25.8 Å². The Bertz CT molecular complexity index is 1410. The molecule has 2 aromatic heterocycles. The highest BCUT2D eigenvalue weighted by molar-refractivity contribution is 7.20. The number of benzene rings is 2. The first-order valence-electron chi connectivity index (χ1n) is 9.84. The molecule has 5 rings (SSSR count). The van der Waals surface area contributed by atoms with E-state index in [-0.39, 0.29) is 25.7 Å². The maximum Gasteiger partial charge on any atom is 0.348 e. The Hall–Kier alpha value is -3.47. The number of hydrogen-bond acceptors (Lipinski definition) is 8. The molecule has 33 heavy (non-hydrogen) atoms. The lowest BCUT2D eigenvalue weighted by Gasteiger charge is -2.20. The van der Waals surface area contributed by atoms with Crippen LogP contribution in [-0.2, 0) is 22.7 Å². The molecule has 0 fully saturated rings. The third-order valence-corrected chi connectivity index (χ3v) is 6.58. The SMILES string of the molecule is Cc1nn(-c2ccccc2Cl)c2sc(C(=O)OCc3cc([N+](=O)[O-])cc4c3OCOC4)cc12. The van der Waals surface area contributed by atoms with Crippen molar-refractivity contribution < 1.29 is 23.9 Å². The Labute approximate surface area is 196 Å². The Balaban J connectivity index is 1.43. The van der Waals surface area contributed by atoms with Gasteiger partial charge in [0.15, 0.2) is 6.79 Å². The lowest BCUT2D eigenvalue weighted by Crippen LogP contribution is -2.14. The van der Waals surface area contributed by atoms with Gasteiger partial charge in [-0.2, -0.15) is 5.10 Å². The summed E-state index contributed by atoms with van der Waals surface area (Å²) < 4.78 is 17.9. The Kier molecular flexibility index (Phi) is 5.49. The maximum atomic E-state index is 12.8. The van der Waals surface area contributed by atoms with E-state index in [1.54, 1.807) is 16.8 Å². The summed E-state index contributed by atoms with van der Waals surface area (Å²) in [6.07, 6.45) is 0. The third-order valence-electron chi connectivity index (χ3n) is 5.17. The molecule has 3 heterocycles. The highest BCUT2D eigenvalue weighted by Crippen LogP contribution is 2.35. The number of carbonyl (C=O) groups excluding carboxylic acids is 1. The van der Waals surface area contributed by atoms with Crippen molar-refractivity contribution in [2.24, 2.45) is 0 Å². The van der Waals surface area contributed by atoms with Gasteiger partial charge in [0.25, 0.3) is 5.69 Å². The molecule has 11 heteroatoms. The Morgan fingerprint density at radius 3 is 2.94 bits per heavy atom. The maximum absolute atomic E-state index is 12.8. The molecule has 2 aromatic carbocycles. The molecule has 9 nitrogen and oxygen atoms in total. The average molecular weight is 486 g/mol. The van der Waals surface area contributed by atoms with Crippen LogP contribution in [-0.4, -0.2) is 27.5 Å². The predicted molar refractivity (Wildman–Crippen MR) is 121 cm³/mol. The second kappa shape index (κ2) is 8.47. The number of nitro groups is 1. The molecule has 0 saturated carbocycles. The summed E-state index contributed by atoms with van der Waals surface area (Å²) in [6.45, 7) is 1.89. The van der Waals surface area contributed by atoms with E-state index in [1.807, 2.05) is 25.1 Å². The van der Waals surface area contributed by atoms with Crippen molar-refractivity contribution in [2.75, 3.05) is 6.79 Å². The van der Waals surface area contributed by atoms with Crippen LogP contribution in [0.15, 0.2) is 42.5 Å². The monoisotopic (exact) mass is 485 g/mol. The van der Waals surface area contributed by atoms with Gasteiger partial charge in [-0.3, -0.25) is 10.1 Å². The van der Waals surface area contributed by atoms with Crippen LogP contribution in [0.5, 0.6) is 5.75 Å². The molecule has 0 N–H and O–H groups in total. The Morgan fingerprint density at radius 1 is 1.33 bits per heavy atom. The number of fused-ring (bicyclic) bond motifs is 2. The molecule has 4 aromatic rings. The molecule has 0 bridgehead atoms. The number of ether oxygens (including phenoxy) is 3. The van der Waals surface area contributed by atoms with Crippen LogP contribution < -0.4 is 4.74 Å². The molecule has 1 aliphatic rings. The molecule has 0 atom stereocenters. The van der Waals surface area contributed by atoms with E-state index in [0.717, 1.165) is 15.9 Å². The summed E-state index contributed by atoms with van der Waals surface area (Å²) in [5, 5.41) is 17.2. The lowest BCUT2D eigenvalue weighted by molar-refractivity contribution is -0.385. The van der Waals surface area contributed by atoms with E-state index in [1.165, 1.54) is 23.5 Å². The molecular weight excluding hydrogens is 470 g/mol. The van der Waals surface area contributed by atoms with Gasteiger partial charge in [0.1, 0.15) is 22.1 Å². The standard InChI is InChI=1S/C22H16ClN3O6S/c1-12-16-8-19(33-21(16)25(24-12)18-5-3-2-4-17(18)23)22(27)31-10-14-7-15(26(28)29)6-13-9-30-11-32-20(13)14/h2-8H,9-11H2,1H3. The largest absolute Gasteiger partial charge is 0.467 e. The van der Waals surface area contributed by atoms with Gasteiger partial charge < -0.3 is 14.2 Å². The number of nitro benzene ring substituents is 1. The molecule has 0 aliphatic carbocycles.